The third-order valence-electron chi connectivity index (χ3n) is 11.7. The van der Waals surface area contributed by atoms with E-state index in [9.17, 15) is 0 Å². The fourth-order valence-corrected chi connectivity index (χ4v) is 9.15. The first-order chi connectivity index (χ1) is 28.3. The lowest BCUT2D eigenvalue weighted by atomic mass is 9.94. The first-order valence-electron chi connectivity index (χ1n) is 19.5. The topological polar surface area (TPSA) is 21.3 Å². The zero-order valence-corrected chi connectivity index (χ0v) is 30.9. The standard InChI is InChI=1S/C54H34N2O/c1-3-13-37(14-4-1)55(39-25-27-45-43-19-8-7-17-41(43)42-18-9-10-20-44(42)47(45)33-39)40-26-29-52-49(34-40)48-31-35(23-28-51(48)56(52)38-15-5-2-6-16-38)36-24-30-54-50(32-36)46-21-11-12-22-53(46)57-54/h1-34H. The Kier molecular flexibility index (Phi) is 6.93. The Morgan fingerprint density at radius 1 is 0.298 bits per heavy atom. The Labute approximate surface area is 328 Å². The van der Waals surface area contributed by atoms with E-state index in [4.69, 9.17) is 4.42 Å². The summed E-state index contributed by atoms with van der Waals surface area (Å²) in [5.41, 5.74) is 10.9. The Bertz CT molecular complexity index is 3490. The van der Waals surface area contributed by atoms with Crippen LogP contribution in [0, 0.1) is 0 Å². The second-order valence-corrected chi connectivity index (χ2v) is 14.9. The molecule has 0 atom stereocenters. The summed E-state index contributed by atoms with van der Waals surface area (Å²) in [6, 6.07) is 74.7. The van der Waals surface area contributed by atoms with E-state index < -0.39 is 0 Å². The maximum atomic E-state index is 6.19. The molecule has 0 unspecified atom stereocenters. The van der Waals surface area contributed by atoms with E-state index in [1.54, 1.807) is 0 Å². The second kappa shape index (κ2) is 12.5. The largest absolute Gasteiger partial charge is 0.456 e. The number of nitrogens with zero attached hydrogens (tertiary/aromatic N) is 2. The zero-order valence-electron chi connectivity index (χ0n) is 30.9. The quantitative estimate of drug-likeness (QED) is 0.165. The van der Waals surface area contributed by atoms with E-state index in [-0.39, 0.29) is 0 Å². The van der Waals surface area contributed by atoms with Crippen molar-refractivity contribution in [2.24, 2.45) is 0 Å². The molecule has 0 spiro atoms. The van der Waals surface area contributed by atoms with Gasteiger partial charge in [0.1, 0.15) is 11.2 Å². The highest BCUT2D eigenvalue weighted by Crippen LogP contribution is 2.44. The second-order valence-electron chi connectivity index (χ2n) is 14.9. The molecule has 0 aliphatic carbocycles. The molecular weight excluding hydrogens is 693 g/mol. The summed E-state index contributed by atoms with van der Waals surface area (Å²) >= 11 is 0. The van der Waals surface area contributed by atoms with Crippen molar-refractivity contribution in [3.8, 4) is 16.8 Å². The van der Waals surface area contributed by atoms with Gasteiger partial charge in [0.05, 0.1) is 11.0 Å². The van der Waals surface area contributed by atoms with Crippen LogP contribution in [0.15, 0.2) is 211 Å². The Balaban J connectivity index is 1.09. The van der Waals surface area contributed by atoms with Gasteiger partial charge < -0.3 is 13.9 Å². The summed E-state index contributed by atoms with van der Waals surface area (Å²) in [7, 11) is 0. The van der Waals surface area contributed by atoms with Gasteiger partial charge in [-0.15, -0.1) is 0 Å². The van der Waals surface area contributed by atoms with Gasteiger partial charge in [-0.1, -0.05) is 121 Å². The molecule has 0 amide bonds. The smallest absolute Gasteiger partial charge is 0.135 e. The van der Waals surface area contributed by atoms with Crippen molar-refractivity contribution < 1.29 is 4.42 Å². The van der Waals surface area contributed by atoms with Gasteiger partial charge in [0.25, 0.3) is 0 Å². The van der Waals surface area contributed by atoms with Crippen LogP contribution < -0.4 is 4.90 Å². The minimum Gasteiger partial charge on any atom is -0.456 e. The number of aromatic nitrogens is 1. The van der Waals surface area contributed by atoms with E-state index in [2.05, 4.69) is 204 Å². The van der Waals surface area contributed by atoms with E-state index >= 15 is 0 Å². The van der Waals surface area contributed by atoms with Crippen LogP contribution in [0.4, 0.5) is 17.1 Å². The minimum atomic E-state index is 0.905. The first kappa shape index (κ1) is 31.7. The fraction of sp³-hybridized carbons (Fsp3) is 0. The van der Waals surface area contributed by atoms with Crippen molar-refractivity contribution in [1.29, 1.82) is 0 Å². The molecule has 0 fully saturated rings. The van der Waals surface area contributed by atoms with Crippen molar-refractivity contribution in [3.05, 3.63) is 206 Å². The molecule has 0 N–H and O–H groups in total. The lowest BCUT2D eigenvalue weighted by molar-refractivity contribution is 0.669. The van der Waals surface area contributed by atoms with Crippen LogP contribution in [0.25, 0.3) is 92.9 Å². The molecule has 0 aliphatic heterocycles. The van der Waals surface area contributed by atoms with Crippen molar-refractivity contribution in [2.45, 2.75) is 0 Å². The number of para-hydroxylation sites is 3. The lowest BCUT2D eigenvalue weighted by Crippen LogP contribution is -2.09. The average molecular weight is 727 g/mol. The van der Waals surface area contributed by atoms with Crippen LogP contribution >= 0.6 is 0 Å². The normalized spacial score (nSPS) is 11.9. The van der Waals surface area contributed by atoms with Crippen LogP contribution in [0.3, 0.4) is 0 Å². The summed E-state index contributed by atoms with van der Waals surface area (Å²) in [5, 5.41) is 12.3. The van der Waals surface area contributed by atoms with Gasteiger partial charge in [0.15, 0.2) is 0 Å². The number of fused-ring (bicyclic) bond motifs is 12. The highest BCUT2D eigenvalue weighted by atomic mass is 16.3. The molecular formula is C54H34N2O. The van der Waals surface area contributed by atoms with Crippen LogP contribution in [-0.2, 0) is 0 Å². The Morgan fingerprint density at radius 2 is 0.772 bits per heavy atom. The third-order valence-corrected chi connectivity index (χ3v) is 11.7. The number of hydrogen-bond acceptors (Lipinski definition) is 2. The predicted molar refractivity (Wildman–Crippen MR) is 241 cm³/mol. The fourth-order valence-electron chi connectivity index (χ4n) is 9.15. The van der Waals surface area contributed by atoms with Crippen molar-refractivity contribution in [2.75, 3.05) is 4.90 Å². The number of rotatable bonds is 5. The first-order valence-corrected chi connectivity index (χ1v) is 19.5. The SMILES string of the molecule is c1ccc(N(c2ccc3c4ccccc4c4ccccc4c3c2)c2ccc3c(c2)c2cc(-c4ccc5oc6ccccc6c5c4)ccc2n3-c2ccccc2)cc1. The van der Waals surface area contributed by atoms with E-state index in [1.165, 1.54) is 54.2 Å². The molecule has 0 radical (unpaired) electrons. The van der Waals surface area contributed by atoms with Crippen LogP contribution in [0.1, 0.15) is 0 Å². The molecule has 57 heavy (non-hydrogen) atoms. The van der Waals surface area contributed by atoms with Crippen LogP contribution in [-0.4, -0.2) is 4.57 Å². The summed E-state index contributed by atoms with van der Waals surface area (Å²) in [6.45, 7) is 0. The molecule has 2 aromatic heterocycles. The highest BCUT2D eigenvalue weighted by Gasteiger charge is 2.20. The molecule has 12 aromatic rings. The van der Waals surface area contributed by atoms with Gasteiger partial charge in [-0.25, -0.2) is 0 Å². The monoisotopic (exact) mass is 726 g/mol. The maximum Gasteiger partial charge on any atom is 0.135 e. The number of benzene rings is 10. The molecule has 3 heteroatoms. The van der Waals surface area contributed by atoms with Gasteiger partial charge in [0, 0.05) is 44.3 Å². The van der Waals surface area contributed by atoms with Gasteiger partial charge >= 0.3 is 0 Å². The molecule has 0 bridgehead atoms. The molecule has 3 nitrogen and oxygen atoms in total. The molecule has 2 heterocycles. The van der Waals surface area contributed by atoms with Gasteiger partial charge in [-0.2, -0.15) is 0 Å². The molecule has 10 aromatic carbocycles. The van der Waals surface area contributed by atoms with E-state index in [0.29, 0.717) is 0 Å². The maximum absolute atomic E-state index is 6.19. The van der Waals surface area contributed by atoms with Crippen LogP contribution in [0.5, 0.6) is 0 Å². The molecule has 12 rings (SSSR count). The molecule has 0 saturated heterocycles. The summed E-state index contributed by atoms with van der Waals surface area (Å²) < 4.78 is 8.58. The van der Waals surface area contributed by atoms with Crippen molar-refractivity contribution in [3.63, 3.8) is 0 Å². The predicted octanol–water partition coefficient (Wildman–Crippen LogP) is 15.3. The molecule has 266 valence electrons. The summed E-state index contributed by atoms with van der Waals surface area (Å²) in [5.74, 6) is 0. The summed E-state index contributed by atoms with van der Waals surface area (Å²) in [6.07, 6.45) is 0. The third kappa shape index (κ3) is 4.92. The number of hydrogen-bond donors (Lipinski definition) is 0. The molecule has 0 saturated carbocycles. The Morgan fingerprint density at radius 3 is 1.47 bits per heavy atom. The minimum absolute atomic E-state index is 0.905. The van der Waals surface area contributed by atoms with E-state index in [0.717, 1.165) is 55.8 Å². The lowest BCUT2D eigenvalue weighted by Gasteiger charge is -2.26. The van der Waals surface area contributed by atoms with Gasteiger partial charge in [0.2, 0.25) is 0 Å². The van der Waals surface area contributed by atoms with Crippen molar-refractivity contribution in [1.82, 2.24) is 4.57 Å². The van der Waals surface area contributed by atoms with E-state index in [1.807, 2.05) is 12.1 Å². The van der Waals surface area contributed by atoms with Gasteiger partial charge in [-0.3, -0.25) is 0 Å². The van der Waals surface area contributed by atoms with Crippen LogP contribution in [0.2, 0.25) is 0 Å². The molecule has 0 aliphatic rings. The highest BCUT2D eigenvalue weighted by molar-refractivity contribution is 6.26. The number of furan rings is 1. The number of anilines is 3. The zero-order chi connectivity index (χ0) is 37.5. The average Bonchev–Trinajstić information content (AvgIpc) is 3.82. The Hall–Kier alpha value is -7.62. The van der Waals surface area contributed by atoms with Gasteiger partial charge in [-0.05, 0) is 128 Å². The van der Waals surface area contributed by atoms with Crippen molar-refractivity contribution >= 4 is 93.1 Å². The summed E-state index contributed by atoms with van der Waals surface area (Å²) in [4.78, 5) is 2.40.